The maximum atomic E-state index is 14.1. The first-order valence-corrected chi connectivity index (χ1v) is 11.3. The van der Waals surface area contributed by atoms with E-state index in [1.807, 2.05) is 12.3 Å². The molecule has 33 heavy (non-hydrogen) atoms. The molecule has 2 aromatic heterocycles. The summed E-state index contributed by atoms with van der Waals surface area (Å²) >= 11 is 1.49. The summed E-state index contributed by atoms with van der Waals surface area (Å²) in [5.74, 6) is -1.77. The van der Waals surface area contributed by atoms with E-state index in [0.29, 0.717) is 11.1 Å². The highest BCUT2D eigenvalue weighted by Crippen LogP contribution is 2.41. The number of pyridine rings is 1. The molecule has 0 bridgehead atoms. The highest BCUT2D eigenvalue weighted by Gasteiger charge is 2.54. The number of benzene rings is 1. The van der Waals surface area contributed by atoms with Crippen molar-refractivity contribution in [3.63, 3.8) is 0 Å². The minimum Gasteiger partial charge on any atom is -0.340 e. The lowest BCUT2D eigenvalue weighted by Crippen LogP contribution is -2.42. The van der Waals surface area contributed by atoms with Crippen molar-refractivity contribution in [1.29, 1.82) is 0 Å². The third kappa shape index (κ3) is 4.68. The monoisotopic (exact) mass is 466 g/mol. The van der Waals surface area contributed by atoms with Gasteiger partial charge in [0.15, 0.2) is 0 Å². The van der Waals surface area contributed by atoms with Crippen molar-refractivity contribution in [3.8, 4) is 0 Å². The van der Waals surface area contributed by atoms with Crippen LogP contribution in [0.4, 0.5) is 4.39 Å². The van der Waals surface area contributed by atoms with E-state index in [-0.39, 0.29) is 31.8 Å². The second kappa shape index (κ2) is 9.19. The average molecular weight is 467 g/mol. The maximum absolute atomic E-state index is 14.1. The summed E-state index contributed by atoms with van der Waals surface area (Å²) in [4.78, 5) is 50.9. The molecule has 7 nitrogen and oxygen atoms in total. The Balaban J connectivity index is 1.64. The standard InChI is InChI=1S/C24H23FN4O3S/c1-16-27-20(15-33-16)14-28(2)21(30)10-24(18-6-3-7-19(25)9-18)11-22(31)29(23(24)32)13-17-5-4-8-26-12-17/h3-9,12,15H,10-11,13-14H2,1-2H3. The van der Waals surface area contributed by atoms with Crippen molar-refractivity contribution in [1.82, 2.24) is 19.8 Å². The van der Waals surface area contributed by atoms with Crippen LogP contribution in [0.1, 0.15) is 34.7 Å². The number of hydrogen-bond donors (Lipinski definition) is 0. The Labute approximate surface area is 194 Å². The molecule has 0 aliphatic carbocycles. The van der Waals surface area contributed by atoms with Crippen LogP contribution in [-0.4, -0.2) is 44.5 Å². The van der Waals surface area contributed by atoms with Crippen LogP contribution < -0.4 is 0 Å². The largest absolute Gasteiger partial charge is 0.340 e. The Kier molecular flexibility index (Phi) is 6.33. The molecule has 0 saturated carbocycles. The Bertz CT molecular complexity index is 1200. The van der Waals surface area contributed by atoms with Gasteiger partial charge in [-0.05, 0) is 36.2 Å². The molecule has 0 N–H and O–H groups in total. The van der Waals surface area contributed by atoms with Crippen LogP contribution in [-0.2, 0) is 32.9 Å². The van der Waals surface area contributed by atoms with Crippen molar-refractivity contribution >= 4 is 29.1 Å². The van der Waals surface area contributed by atoms with Gasteiger partial charge in [-0.15, -0.1) is 11.3 Å². The van der Waals surface area contributed by atoms with Crippen molar-refractivity contribution < 1.29 is 18.8 Å². The second-order valence-electron chi connectivity index (χ2n) is 8.20. The first-order chi connectivity index (χ1) is 15.8. The van der Waals surface area contributed by atoms with Crippen molar-refractivity contribution in [2.45, 2.75) is 38.3 Å². The van der Waals surface area contributed by atoms with Crippen molar-refractivity contribution in [2.75, 3.05) is 7.05 Å². The molecule has 1 aliphatic heterocycles. The Morgan fingerprint density at radius 1 is 1.27 bits per heavy atom. The van der Waals surface area contributed by atoms with Gasteiger partial charge in [0.25, 0.3) is 0 Å². The van der Waals surface area contributed by atoms with Gasteiger partial charge in [-0.1, -0.05) is 18.2 Å². The highest BCUT2D eigenvalue weighted by molar-refractivity contribution is 7.09. The van der Waals surface area contributed by atoms with Gasteiger partial charge < -0.3 is 4.90 Å². The quantitative estimate of drug-likeness (QED) is 0.499. The van der Waals surface area contributed by atoms with E-state index in [2.05, 4.69) is 9.97 Å². The zero-order valence-corrected chi connectivity index (χ0v) is 19.1. The number of amides is 3. The fraction of sp³-hybridized carbons (Fsp3) is 0.292. The van der Waals surface area contributed by atoms with Crippen molar-refractivity contribution in [3.05, 3.63) is 81.8 Å². The van der Waals surface area contributed by atoms with Gasteiger partial charge >= 0.3 is 0 Å². The molecule has 4 rings (SSSR count). The van der Waals surface area contributed by atoms with E-state index in [9.17, 15) is 18.8 Å². The van der Waals surface area contributed by atoms with E-state index in [1.165, 1.54) is 34.4 Å². The average Bonchev–Trinajstić information content (AvgIpc) is 3.30. The van der Waals surface area contributed by atoms with Crippen LogP contribution in [0.25, 0.3) is 0 Å². The molecule has 0 spiro atoms. The minimum absolute atomic E-state index is 0.0463. The molecule has 3 aromatic rings. The zero-order chi connectivity index (χ0) is 23.6. The van der Waals surface area contributed by atoms with Gasteiger partial charge in [0.1, 0.15) is 5.82 Å². The van der Waals surface area contributed by atoms with Gasteiger partial charge in [-0.25, -0.2) is 9.37 Å². The summed E-state index contributed by atoms with van der Waals surface area (Å²) in [7, 11) is 1.63. The molecule has 9 heteroatoms. The lowest BCUT2D eigenvalue weighted by atomic mass is 9.75. The Morgan fingerprint density at radius 2 is 2.09 bits per heavy atom. The first kappa shape index (κ1) is 22.7. The van der Waals surface area contributed by atoms with E-state index >= 15 is 0 Å². The summed E-state index contributed by atoms with van der Waals surface area (Å²) in [6.45, 7) is 2.21. The number of rotatable bonds is 7. The number of hydrogen-bond acceptors (Lipinski definition) is 6. The van der Waals surface area contributed by atoms with Gasteiger partial charge in [0, 0.05) is 37.7 Å². The predicted octanol–water partition coefficient (Wildman–Crippen LogP) is 3.23. The number of likely N-dealkylation sites (tertiary alicyclic amines) is 1. The Hall–Kier alpha value is -3.46. The molecule has 170 valence electrons. The lowest BCUT2D eigenvalue weighted by molar-refractivity contribution is -0.143. The molecule has 1 saturated heterocycles. The van der Waals surface area contributed by atoms with Gasteiger partial charge in [-0.2, -0.15) is 0 Å². The van der Waals surface area contributed by atoms with E-state index in [1.54, 1.807) is 37.6 Å². The second-order valence-corrected chi connectivity index (χ2v) is 9.26. The number of nitrogens with zero attached hydrogens (tertiary/aromatic N) is 4. The van der Waals surface area contributed by atoms with E-state index in [4.69, 9.17) is 0 Å². The fourth-order valence-corrected chi connectivity index (χ4v) is 4.70. The van der Waals surface area contributed by atoms with Gasteiger partial charge in [-0.3, -0.25) is 24.3 Å². The molecule has 1 unspecified atom stereocenters. The summed E-state index contributed by atoms with van der Waals surface area (Å²) < 4.78 is 14.1. The van der Waals surface area contributed by atoms with E-state index < -0.39 is 23.0 Å². The predicted molar refractivity (Wildman–Crippen MR) is 120 cm³/mol. The maximum Gasteiger partial charge on any atom is 0.241 e. The van der Waals surface area contributed by atoms with E-state index in [0.717, 1.165) is 15.6 Å². The Morgan fingerprint density at radius 3 is 2.76 bits per heavy atom. The normalized spacial score (nSPS) is 18.1. The molecule has 1 atom stereocenters. The molecule has 3 amide bonds. The first-order valence-electron chi connectivity index (χ1n) is 10.4. The smallest absolute Gasteiger partial charge is 0.241 e. The van der Waals surface area contributed by atoms with Crippen LogP contribution in [0.5, 0.6) is 0 Å². The molecule has 3 heterocycles. The van der Waals surface area contributed by atoms with Crippen LogP contribution in [0.3, 0.4) is 0 Å². The molecule has 1 aromatic carbocycles. The van der Waals surface area contributed by atoms with Crippen LogP contribution in [0.2, 0.25) is 0 Å². The molecule has 1 fully saturated rings. The van der Waals surface area contributed by atoms with Gasteiger partial charge in [0.2, 0.25) is 17.7 Å². The number of aromatic nitrogens is 2. The summed E-state index contributed by atoms with van der Waals surface area (Å²) in [6.07, 6.45) is 2.74. The summed E-state index contributed by atoms with van der Waals surface area (Å²) in [5, 5.41) is 2.77. The highest BCUT2D eigenvalue weighted by atomic mass is 32.1. The van der Waals surface area contributed by atoms with Crippen LogP contribution in [0.15, 0.2) is 54.2 Å². The fourth-order valence-electron chi connectivity index (χ4n) is 4.09. The number of halogens is 1. The number of thiazole rings is 1. The molecular formula is C24H23FN4O3S. The summed E-state index contributed by atoms with van der Waals surface area (Å²) in [6, 6.07) is 9.07. The van der Waals surface area contributed by atoms with Gasteiger partial charge in [0.05, 0.1) is 29.2 Å². The number of carbonyl (C=O) groups excluding carboxylic acids is 3. The molecular weight excluding hydrogens is 443 g/mol. The third-order valence-electron chi connectivity index (χ3n) is 5.79. The number of imide groups is 1. The number of carbonyl (C=O) groups is 3. The lowest BCUT2D eigenvalue weighted by Gasteiger charge is -2.29. The topological polar surface area (TPSA) is 83.5 Å². The van der Waals surface area contributed by atoms with Crippen molar-refractivity contribution in [2.24, 2.45) is 0 Å². The molecule has 0 radical (unpaired) electrons. The minimum atomic E-state index is -1.47. The zero-order valence-electron chi connectivity index (χ0n) is 18.3. The SMILES string of the molecule is Cc1nc(CN(C)C(=O)CC2(c3cccc(F)c3)CC(=O)N(Cc3cccnc3)C2=O)cs1. The van der Waals surface area contributed by atoms with Crippen LogP contribution in [0, 0.1) is 12.7 Å². The third-order valence-corrected chi connectivity index (χ3v) is 6.62. The summed E-state index contributed by atoms with van der Waals surface area (Å²) in [5.41, 5.74) is 0.294. The molecule has 1 aliphatic rings. The van der Waals surface area contributed by atoms with Crippen LogP contribution >= 0.6 is 11.3 Å². The number of aryl methyl sites for hydroxylation is 1.